The number of phenolic OH excluding ortho intramolecular Hbond substituents is 1. The highest BCUT2D eigenvalue weighted by atomic mass is 16.3. The maximum Gasteiger partial charge on any atom is 0.237 e. The van der Waals surface area contributed by atoms with Crippen LogP contribution in [0.3, 0.4) is 0 Å². The van der Waals surface area contributed by atoms with Gasteiger partial charge in [0.25, 0.3) is 0 Å². The second-order valence-electron chi connectivity index (χ2n) is 7.09. The fraction of sp³-hybridized carbons (Fsp3) is 0.304. The second-order valence-corrected chi connectivity index (χ2v) is 7.09. The van der Waals surface area contributed by atoms with Crippen molar-refractivity contribution in [3.05, 3.63) is 71.8 Å². The van der Waals surface area contributed by atoms with E-state index in [9.17, 15) is 14.7 Å². The van der Waals surface area contributed by atoms with Crippen LogP contribution in [0.1, 0.15) is 17.5 Å². The van der Waals surface area contributed by atoms with Gasteiger partial charge in [0.15, 0.2) is 0 Å². The van der Waals surface area contributed by atoms with E-state index in [1.165, 1.54) is 0 Å². The van der Waals surface area contributed by atoms with E-state index in [-0.39, 0.29) is 24.0 Å². The van der Waals surface area contributed by atoms with Crippen molar-refractivity contribution in [3.8, 4) is 5.75 Å². The van der Waals surface area contributed by atoms with Gasteiger partial charge in [0.1, 0.15) is 5.75 Å². The summed E-state index contributed by atoms with van der Waals surface area (Å²) in [6, 6.07) is 16.5. The van der Waals surface area contributed by atoms with Crippen molar-refractivity contribution >= 4 is 17.9 Å². The Kier molecular flexibility index (Phi) is 7.41. The molecule has 3 rings (SSSR count). The van der Waals surface area contributed by atoms with E-state index in [2.05, 4.69) is 10.6 Å². The van der Waals surface area contributed by atoms with Crippen LogP contribution in [0.4, 0.5) is 0 Å². The molecule has 1 aliphatic heterocycles. The number of benzene rings is 2. The lowest BCUT2D eigenvalue weighted by Gasteiger charge is -2.33. The van der Waals surface area contributed by atoms with Crippen molar-refractivity contribution in [3.63, 3.8) is 0 Å². The predicted molar refractivity (Wildman–Crippen MR) is 113 cm³/mol. The SMILES string of the molecule is O=C(CC1C(=O)NCCN1C/C=C/c1ccccc1)NCCc1ccc(O)cc1. The molecule has 0 aliphatic carbocycles. The summed E-state index contributed by atoms with van der Waals surface area (Å²) in [4.78, 5) is 26.7. The molecule has 0 aromatic heterocycles. The normalized spacial score (nSPS) is 17.2. The first-order valence-corrected chi connectivity index (χ1v) is 9.90. The Morgan fingerprint density at radius 2 is 1.93 bits per heavy atom. The summed E-state index contributed by atoms with van der Waals surface area (Å²) in [5.41, 5.74) is 2.14. The van der Waals surface area contributed by atoms with Crippen LogP contribution in [0.25, 0.3) is 6.08 Å². The molecule has 0 saturated carbocycles. The number of carbonyl (C=O) groups excluding carboxylic acids is 2. The highest BCUT2D eigenvalue weighted by Crippen LogP contribution is 2.11. The van der Waals surface area contributed by atoms with E-state index in [0.717, 1.165) is 17.7 Å². The monoisotopic (exact) mass is 393 g/mol. The molecule has 2 amide bonds. The first kappa shape index (κ1) is 20.6. The second kappa shape index (κ2) is 10.4. The Morgan fingerprint density at radius 3 is 2.69 bits per heavy atom. The number of piperazine rings is 1. The van der Waals surface area contributed by atoms with Crippen molar-refractivity contribution in [2.75, 3.05) is 26.2 Å². The summed E-state index contributed by atoms with van der Waals surface area (Å²) in [5, 5.41) is 15.1. The van der Waals surface area contributed by atoms with E-state index >= 15 is 0 Å². The minimum absolute atomic E-state index is 0.0990. The fourth-order valence-corrected chi connectivity index (χ4v) is 3.35. The first-order chi connectivity index (χ1) is 14.1. The molecule has 1 saturated heterocycles. The molecule has 1 fully saturated rings. The number of aromatic hydroxyl groups is 1. The van der Waals surface area contributed by atoms with Crippen LogP contribution in [-0.2, 0) is 16.0 Å². The fourth-order valence-electron chi connectivity index (χ4n) is 3.35. The third-order valence-electron chi connectivity index (χ3n) is 4.94. The van der Waals surface area contributed by atoms with Gasteiger partial charge in [0, 0.05) is 26.2 Å². The number of nitrogens with one attached hydrogen (secondary N) is 2. The number of phenols is 1. The molecule has 2 aromatic rings. The van der Waals surface area contributed by atoms with Gasteiger partial charge in [-0.05, 0) is 29.7 Å². The van der Waals surface area contributed by atoms with Crippen molar-refractivity contribution in [1.29, 1.82) is 0 Å². The molecule has 0 radical (unpaired) electrons. The molecule has 0 bridgehead atoms. The van der Waals surface area contributed by atoms with E-state index in [1.807, 2.05) is 59.5 Å². The largest absolute Gasteiger partial charge is 0.508 e. The zero-order valence-corrected chi connectivity index (χ0v) is 16.4. The van der Waals surface area contributed by atoms with Gasteiger partial charge >= 0.3 is 0 Å². The van der Waals surface area contributed by atoms with Crippen LogP contribution in [0.15, 0.2) is 60.7 Å². The molecule has 152 valence electrons. The van der Waals surface area contributed by atoms with Gasteiger partial charge in [-0.15, -0.1) is 0 Å². The lowest BCUT2D eigenvalue weighted by Crippen LogP contribution is -2.56. The molecule has 1 aliphatic rings. The Bertz CT molecular complexity index is 834. The highest BCUT2D eigenvalue weighted by Gasteiger charge is 2.30. The molecular formula is C23H27N3O3. The molecular weight excluding hydrogens is 366 g/mol. The van der Waals surface area contributed by atoms with Gasteiger partial charge in [-0.2, -0.15) is 0 Å². The Balaban J connectivity index is 1.49. The van der Waals surface area contributed by atoms with Crippen LogP contribution in [0.5, 0.6) is 5.75 Å². The summed E-state index contributed by atoms with van der Waals surface area (Å²) in [6.45, 7) is 2.42. The minimum Gasteiger partial charge on any atom is -0.508 e. The van der Waals surface area contributed by atoms with Crippen LogP contribution >= 0.6 is 0 Å². The Labute approximate surface area is 171 Å². The topological polar surface area (TPSA) is 81.7 Å². The van der Waals surface area contributed by atoms with E-state index < -0.39 is 6.04 Å². The number of hydrogen-bond acceptors (Lipinski definition) is 4. The molecule has 1 heterocycles. The Hall–Kier alpha value is -3.12. The van der Waals surface area contributed by atoms with Crippen molar-refractivity contribution in [2.24, 2.45) is 0 Å². The van der Waals surface area contributed by atoms with E-state index in [0.29, 0.717) is 26.1 Å². The van der Waals surface area contributed by atoms with Gasteiger partial charge < -0.3 is 15.7 Å². The molecule has 29 heavy (non-hydrogen) atoms. The summed E-state index contributed by atoms with van der Waals surface area (Å²) < 4.78 is 0. The summed E-state index contributed by atoms with van der Waals surface area (Å²) in [7, 11) is 0. The average Bonchev–Trinajstić information content (AvgIpc) is 2.73. The number of hydrogen-bond donors (Lipinski definition) is 3. The average molecular weight is 393 g/mol. The molecule has 0 spiro atoms. The van der Waals surface area contributed by atoms with Crippen molar-refractivity contribution in [1.82, 2.24) is 15.5 Å². The third-order valence-corrected chi connectivity index (χ3v) is 4.94. The number of rotatable bonds is 8. The maximum atomic E-state index is 12.4. The number of nitrogens with zero attached hydrogens (tertiary/aromatic N) is 1. The van der Waals surface area contributed by atoms with Crippen LogP contribution in [-0.4, -0.2) is 54.0 Å². The zero-order valence-electron chi connectivity index (χ0n) is 16.4. The molecule has 1 atom stereocenters. The van der Waals surface area contributed by atoms with Crippen molar-refractivity contribution in [2.45, 2.75) is 18.9 Å². The number of amides is 2. The van der Waals surface area contributed by atoms with Crippen LogP contribution < -0.4 is 10.6 Å². The zero-order chi connectivity index (χ0) is 20.5. The van der Waals surface area contributed by atoms with E-state index in [1.54, 1.807) is 12.1 Å². The third kappa shape index (κ3) is 6.47. The summed E-state index contributed by atoms with van der Waals surface area (Å²) in [6.07, 6.45) is 4.87. The van der Waals surface area contributed by atoms with Gasteiger partial charge in [-0.25, -0.2) is 0 Å². The van der Waals surface area contributed by atoms with Gasteiger partial charge in [-0.3, -0.25) is 14.5 Å². The lowest BCUT2D eigenvalue weighted by atomic mass is 10.1. The van der Waals surface area contributed by atoms with Gasteiger partial charge in [0.05, 0.1) is 12.5 Å². The maximum absolute atomic E-state index is 12.4. The smallest absolute Gasteiger partial charge is 0.237 e. The molecule has 2 aromatic carbocycles. The molecule has 6 nitrogen and oxygen atoms in total. The quantitative estimate of drug-likeness (QED) is 0.640. The van der Waals surface area contributed by atoms with Gasteiger partial charge in [-0.1, -0.05) is 54.6 Å². The molecule has 6 heteroatoms. The summed E-state index contributed by atoms with van der Waals surface area (Å²) in [5.74, 6) is -0.0107. The standard InChI is InChI=1S/C23H27N3O3/c27-20-10-8-19(9-11-20)12-13-24-22(28)17-21-23(29)25-14-16-26(21)15-4-7-18-5-2-1-3-6-18/h1-11,21,27H,12-17H2,(H,24,28)(H,25,29)/b7-4+. The lowest BCUT2D eigenvalue weighted by molar-refractivity contribution is -0.133. The number of carbonyl (C=O) groups is 2. The van der Waals surface area contributed by atoms with E-state index in [4.69, 9.17) is 0 Å². The van der Waals surface area contributed by atoms with Gasteiger partial charge in [0.2, 0.25) is 11.8 Å². The molecule has 3 N–H and O–H groups in total. The van der Waals surface area contributed by atoms with Crippen molar-refractivity contribution < 1.29 is 14.7 Å². The summed E-state index contributed by atoms with van der Waals surface area (Å²) >= 11 is 0. The predicted octanol–water partition coefficient (Wildman–Crippen LogP) is 1.95. The highest BCUT2D eigenvalue weighted by molar-refractivity contribution is 5.88. The van der Waals surface area contributed by atoms with Crippen LogP contribution in [0.2, 0.25) is 0 Å². The van der Waals surface area contributed by atoms with Crippen LogP contribution in [0, 0.1) is 0 Å². The Morgan fingerprint density at radius 1 is 1.17 bits per heavy atom. The molecule has 1 unspecified atom stereocenters. The first-order valence-electron chi connectivity index (χ1n) is 9.90. The minimum atomic E-state index is -0.460.